The van der Waals surface area contributed by atoms with Gasteiger partial charge in [0.25, 0.3) is 0 Å². The van der Waals surface area contributed by atoms with Crippen molar-refractivity contribution in [3.05, 3.63) is 46.5 Å². The largest absolute Gasteiger partial charge is 0.0917 e. The molecule has 64 valence electrons. The van der Waals surface area contributed by atoms with E-state index in [-0.39, 0.29) is 0 Å². The minimum atomic E-state index is 1.14. The molecule has 0 aliphatic carbocycles. The maximum absolute atomic E-state index is 3.41. The van der Waals surface area contributed by atoms with Crippen molar-refractivity contribution in [3.8, 4) is 0 Å². The monoisotopic (exact) mass is 224 g/mol. The average Bonchev–Trinajstić information content (AvgIpc) is 2.09. The fourth-order valence-corrected chi connectivity index (χ4v) is 1.33. The predicted molar refractivity (Wildman–Crippen MR) is 57.3 cm³/mol. The normalized spacial score (nSPS) is 10.8. The molecule has 0 atom stereocenters. The molecule has 0 saturated carbocycles. The molecule has 0 fully saturated rings. The summed E-state index contributed by atoms with van der Waals surface area (Å²) in [7, 11) is 0. The lowest BCUT2D eigenvalue weighted by atomic mass is 10.1. The minimum Gasteiger partial charge on any atom is -0.0917 e. The molecule has 1 aromatic rings. The quantitative estimate of drug-likeness (QED) is 0.683. The fraction of sp³-hybridized carbons (Fsp3) is 0.273. The molecule has 0 radical (unpaired) electrons. The predicted octanol–water partition coefficient (Wildman–Crippen LogP) is 3.96. The van der Waals surface area contributed by atoms with Gasteiger partial charge in [-0.1, -0.05) is 40.2 Å². The molecule has 12 heavy (non-hydrogen) atoms. The first kappa shape index (κ1) is 9.53. The third-order valence-electron chi connectivity index (χ3n) is 1.75. The Labute approximate surface area is 82.4 Å². The van der Waals surface area contributed by atoms with Gasteiger partial charge in [0.1, 0.15) is 0 Å². The molecule has 0 N–H and O–H groups in total. The number of hydrogen-bond donors (Lipinski definition) is 0. The van der Waals surface area contributed by atoms with Crippen molar-refractivity contribution in [3.63, 3.8) is 0 Å². The van der Waals surface area contributed by atoms with Crippen LogP contribution in [0.25, 0.3) is 0 Å². The van der Waals surface area contributed by atoms with E-state index in [1.165, 1.54) is 5.56 Å². The standard InChI is InChI=1S/C11H13Br/c1-2-3-4-5-10-6-8-11(12)9-7-10/h2-3,6-9H,4-5H2,1H3. The van der Waals surface area contributed by atoms with Gasteiger partial charge in [-0.05, 0) is 37.5 Å². The molecule has 0 bridgehead atoms. The zero-order chi connectivity index (χ0) is 8.81. The molecule has 0 aromatic heterocycles. The molecule has 0 aliphatic rings. The van der Waals surface area contributed by atoms with Gasteiger partial charge in [0.05, 0.1) is 0 Å². The number of rotatable bonds is 3. The Morgan fingerprint density at radius 3 is 2.50 bits per heavy atom. The highest BCUT2D eigenvalue weighted by atomic mass is 79.9. The zero-order valence-corrected chi connectivity index (χ0v) is 8.84. The smallest absolute Gasteiger partial charge is 0.0175 e. The van der Waals surface area contributed by atoms with Crippen LogP contribution in [0.15, 0.2) is 40.9 Å². The summed E-state index contributed by atoms with van der Waals surface area (Å²) < 4.78 is 1.15. The molecule has 0 saturated heterocycles. The summed E-state index contributed by atoms with van der Waals surface area (Å²) in [5.41, 5.74) is 1.40. The van der Waals surface area contributed by atoms with Gasteiger partial charge in [-0.15, -0.1) is 0 Å². The van der Waals surface area contributed by atoms with Gasteiger partial charge in [-0.25, -0.2) is 0 Å². The lowest BCUT2D eigenvalue weighted by molar-refractivity contribution is 0.999. The average molecular weight is 225 g/mol. The molecule has 1 rings (SSSR count). The van der Waals surface area contributed by atoms with Crippen LogP contribution in [0.1, 0.15) is 18.9 Å². The fourth-order valence-electron chi connectivity index (χ4n) is 1.07. The van der Waals surface area contributed by atoms with Gasteiger partial charge in [0, 0.05) is 4.47 Å². The Morgan fingerprint density at radius 2 is 1.92 bits per heavy atom. The second kappa shape index (κ2) is 5.15. The Bertz CT molecular complexity index is 246. The number of hydrogen-bond acceptors (Lipinski definition) is 0. The van der Waals surface area contributed by atoms with Crippen molar-refractivity contribution >= 4 is 15.9 Å². The van der Waals surface area contributed by atoms with Crippen LogP contribution in [-0.2, 0) is 6.42 Å². The third kappa shape index (κ3) is 3.22. The molecular formula is C11H13Br. The van der Waals surface area contributed by atoms with Crippen molar-refractivity contribution in [1.82, 2.24) is 0 Å². The van der Waals surface area contributed by atoms with Crippen LogP contribution in [0.3, 0.4) is 0 Å². The highest BCUT2D eigenvalue weighted by molar-refractivity contribution is 9.10. The lowest BCUT2D eigenvalue weighted by Crippen LogP contribution is -1.81. The Hall–Kier alpha value is -0.560. The maximum atomic E-state index is 3.41. The number of allylic oxidation sites excluding steroid dienone is 2. The SMILES string of the molecule is CC=CCCc1ccc(Br)cc1. The number of halogens is 1. The number of aryl methyl sites for hydroxylation is 1. The second-order valence-corrected chi connectivity index (χ2v) is 3.65. The Balaban J connectivity index is 2.47. The van der Waals surface area contributed by atoms with Crippen molar-refractivity contribution in [2.24, 2.45) is 0 Å². The van der Waals surface area contributed by atoms with Gasteiger partial charge < -0.3 is 0 Å². The van der Waals surface area contributed by atoms with Crippen LogP contribution in [0.2, 0.25) is 0 Å². The molecule has 1 heteroatoms. The molecule has 0 heterocycles. The van der Waals surface area contributed by atoms with E-state index in [9.17, 15) is 0 Å². The summed E-state index contributed by atoms with van der Waals surface area (Å²) in [6.07, 6.45) is 6.57. The Kier molecular flexibility index (Phi) is 4.09. The summed E-state index contributed by atoms with van der Waals surface area (Å²) in [6.45, 7) is 2.06. The van der Waals surface area contributed by atoms with Gasteiger partial charge >= 0.3 is 0 Å². The van der Waals surface area contributed by atoms with E-state index >= 15 is 0 Å². The summed E-state index contributed by atoms with van der Waals surface area (Å²) >= 11 is 3.41. The van der Waals surface area contributed by atoms with Crippen LogP contribution in [0.5, 0.6) is 0 Å². The van der Waals surface area contributed by atoms with E-state index in [2.05, 4.69) is 59.3 Å². The van der Waals surface area contributed by atoms with Crippen molar-refractivity contribution in [2.75, 3.05) is 0 Å². The van der Waals surface area contributed by atoms with Gasteiger partial charge in [0.15, 0.2) is 0 Å². The van der Waals surface area contributed by atoms with Gasteiger partial charge in [0.2, 0.25) is 0 Å². The summed E-state index contributed by atoms with van der Waals surface area (Å²) in [5, 5.41) is 0. The van der Waals surface area contributed by atoms with Crippen molar-refractivity contribution < 1.29 is 0 Å². The van der Waals surface area contributed by atoms with Crippen LogP contribution in [0.4, 0.5) is 0 Å². The highest BCUT2D eigenvalue weighted by Crippen LogP contribution is 2.11. The van der Waals surface area contributed by atoms with E-state index in [1.807, 2.05) is 0 Å². The summed E-state index contributed by atoms with van der Waals surface area (Å²) in [4.78, 5) is 0. The first-order chi connectivity index (χ1) is 5.83. The molecule has 1 aromatic carbocycles. The van der Waals surface area contributed by atoms with E-state index in [0.29, 0.717) is 0 Å². The first-order valence-corrected chi connectivity index (χ1v) is 4.98. The molecule has 0 amide bonds. The highest BCUT2D eigenvalue weighted by Gasteiger charge is 1.90. The molecule has 0 spiro atoms. The van der Waals surface area contributed by atoms with E-state index in [1.54, 1.807) is 0 Å². The first-order valence-electron chi connectivity index (χ1n) is 4.18. The Morgan fingerprint density at radius 1 is 1.25 bits per heavy atom. The summed E-state index contributed by atoms with van der Waals surface area (Å²) in [6, 6.07) is 8.50. The summed E-state index contributed by atoms with van der Waals surface area (Å²) in [5.74, 6) is 0. The third-order valence-corrected chi connectivity index (χ3v) is 2.28. The van der Waals surface area contributed by atoms with Gasteiger partial charge in [-0.3, -0.25) is 0 Å². The molecule has 0 unspecified atom stereocenters. The molecule has 0 nitrogen and oxygen atoms in total. The van der Waals surface area contributed by atoms with E-state index < -0.39 is 0 Å². The van der Waals surface area contributed by atoms with Crippen LogP contribution < -0.4 is 0 Å². The topological polar surface area (TPSA) is 0 Å². The zero-order valence-electron chi connectivity index (χ0n) is 7.26. The van der Waals surface area contributed by atoms with Gasteiger partial charge in [-0.2, -0.15) is 0 Å². The van der Waals surface area contributed by atoms with Crippen LogP contribution >= 0.6 is 15.9 Å². The number of benzene rings is 1. The maximum Gasteiger partial charge on any atom is 0.0175 e. The molecular weight excluding hydrogens is 212 g/mol. The van der Waals surface area contributed by atoms with Crippen LogP contribution in [0, 0.1) is 0 Å². The van der Waals surface area contributed by atoms with Crippen molar-refractivity contribution in [2.45, 2.75) is 19.8 Å². The molecule has 0 aliphatic heterocycles. The van der Waals surface area contributed by atoms with Crippen LogP contribution in [-0.4, -0.2) is 0 Å². The second-order valence-electron chi connectivity index (χ2n) is 2.73. The lowest BCUT2D eigenvalue weighted by Gasteiger charge is -1.97. The van der Waals surface area contributed by atoms with E-state index in [0.717, 1.165) is 17.3 Å². The van der Waals surface area contributed by atoms with E-state index in [4.69, 9.17) is 0 Å². The minimum absolute atomic E-state index is 1.14. The van der Waals surface area contributed by atoms with Crippen molar-refractivity contribution in [1.29, 1.82) is 0 Å².